The normalized spacial score (nSPS) is 22.3. The number of thioether (sulfide) groups is 1. The lowest BCUT2D eigenvalue weighted by Gasteiger charge is -2.29. The number of carbonyl (C=O) groups is 3. The summed E-state index contributed by atoms with van der Waals surface area (Å²) in [6.07, 6.45) is 13.9. The van der Waals surface area contributed by atoms with Gasteiger partial charge in [-0.1, -0.05) is 66.6 Å². The Labute approximate surface area is 453 Å². The first-order valence-corrected chi connectivity index (χ1v) is 29.0. The highest BCUT2D eigenvalue weighted by molar-refractivity contribution is 7.99. The van der Waals surface area contributed by atoms with E-state index in [0.29, 0.717) is 38.9 Å². The lowest BCUT2D eigenvalue weighted by molar-refractivity contribution is -0.151. The molecule has 5 aromatic rings. The highest BCUT2D eigenvalue weighted by atomic mass is 35.5. The Morgan fingerprint density at radius 1 is 0.882 bits per heavy atom. The zero-order chi connectivity index (χ0) is 53.8. The minimum Gasteiger partial charge on any atom is -0.466 e. The molecule has 2 saturated carbocycles. The summed E-state index contributed by atoms with van der Waals surface area (Å²) in [6.45, 7) is 6.79. The molecule has 3 aliphatic heterocycles. The predicted octanol–water partition coefficient (Wildman–Crippen LogP) is 12.2. The number of halogens is 6. The number of rotatable bonds is 14. The number of fused-ring (bicyclic) bond motifs is 4. The van der Waals surface area contributed by atoms with Crippen molar-refractivity contribution in [2.45, 2.75) is 75.7 Å². The van der Waals surface area contributed by atoms with Crippen LogP contribution in [-0.4, -0.2) is 81.8 Å². The van der Waals surface area contributed by atoms with E-state index in [1.165, 1.54) is 35.4 Å². The molecule has 5 atom stereocenters. The molecule has 0 spiro atoms. The number of aromatic nitrogens is 4. The van der Waals surface area contributed by atoms with Crippen LogP contribution in [0.2, 0.25) is 10.0 Å². The van der Waals surface area contributed by atoms with Crippen LogP contribution < -0.4 is 5.43 Å². The van der Waals surface area contributed by atoms with Gasteiger partial charge in [-0.2, -0.15) is 22.0 Å². The standard InChI is InChI=1S/C31H33F3N2O5S.C25H23Cl2FN4OS/c1-3-41-31(38)28-20-10-9-19(13-20)23(28)15-27(37)29-24-17-42(39,40)16-21(8-6-4-5-7-18(2)32)30(24)36(35-29)26-12-11-22(33)14-25(26)34;26-18-6-9-22(21(27)13-18)32-24-17(12-16-4-7-19(28)8-5-16)14-34-15-20(24)23(29-32)25(33)30-31-10-2-1-3-11-31/h4-7,11-12,14,19-21,23,28H,2-3,8-10,13,15-17H2,1H3;4-9,12-13H,1-3,10-11,14-15H2,(H,30,33)/b6-4+,7-5-;17-12+/t19?,20?,21-,23-,28+;/m0./s1. The van der Waals surface area contributed by atoms with E-state index in [4.69, 9.17) is 33.0 Å². The van der Waals surface area contributed by atoms with Gasteiger partial charge in [-0.05, 0) is 129 Å². The predicted molar refractivity (Wildman–Crippen MR) is 287 cm³/mol. The lowest BCUT2D eigenvalue weighted by Crippen LogP contribution is -2.45. The van der Waals surface area contributed by atoms with Gasteiger partial charge < -0.3 is 4.74 Å². The number of ether oxygens (including phenoxy) is 1. The number of piperidine rings is 1. The first kappa shape index (κ1) is 55.0. The molecule has 1 N–H and O–H groups in total. The van der Waals surface area contributed by atoms with E-state index >= 15 is 4.39 Å². The number of hydrogen-bond acceptors (Lipinski definition) is 10. The molecular formula is C56H56Cl2F4N6O6S2. The summed E-state index contributed by atoms with van der Waals surface area (Å²) in [7, 11) is -3.67. The average Bonchev–Trinajstić information content (AvgIpc) is 4.21. The summed E-state index contributed by atoms with van der Waals surface area (Å²) in [4.78, 5) is 40.0. The fourth-order valence-corrected chi connectivity index (χ4v) is 14.6. The fourth-order valence-electron chi connectivity index (χ4n) is 11.4. The number of benzene rings is 3. The number of carbonyl (C=O) groups excluding carboxylic acids is 3. The quantitative estimate of drug-likeness (QED) is 0.0493. The van der Waals surface area contributed by atoms with Crippen molar-refractivity contribution in [3.63, 3.8) is 0 Å². The second-order valence-electron chi connectivity index (χ2n) is 19.7. The molecule has 2 bridgehead atoms. The number of nitrogens with zero attached hydrogens (tertiary/aromatic N) is 5. The van der Waals surface area contributed by atoms with Crippen molar-refractivity contribution in [2.24, 2.45) is 23.7 Å². The van der Waals surface area contributed by atoms with Gasteiger partial charge in [0.25, 0.3) is 5.91 Å². The fraction of sp³-hybridized carbons (Fsp3) is 0.375. The monoisotopic (exact) mass is 1120 g/mol. The highest BCUT2D eigenvalue weighted by Crippen LogP contribution is 2.54. The van der Waals surface area contributed by atoms with Crippen molar-refractivity contribution in [3.05, 3.63) is 164 Å². The van der Waals surface area contributed by atoms with Crippen LogP contribution in [0.25, 0.3) is 23.0 Å². The van der Waals surface area contributed by atoms with Crippen LogP contribution in [0.3, 0.4) is 0 Å². The number of ketones is 1. The van der Waals surface area contributed by atoms with Crippen molar-refractivity contribution in [1.29, 1.82) is 0 Å². The number of nitrogens with one attached hydrogen (secondary N) is 1. The summed E-state index contributed by atoms with van der Waals surface area (Å²) in [5.74, 6) is -3.97. The van der Waals surface area contributed by atoms with Gasteiger partial charge in [-0.25, -0.2) is 40.4 Å². The third-order valence-corrected chi connectivity index (χ3v) is 17.8. The third-order valence-electron chi connectivity index (χ3n) is 14.6. The Kier molecular flexibility index (Phi) is 17.2. The van der Waals surface area contributed by atoms with E-state index in [1.54, 1.807) is 59.8 Å². The Hall–Kier alpha value is -5.79. The average molecular weight is 1120 g/mol. The van der Waals surface area contributed by atoms with Crippen molar-refractivity contribution < 1.29 is 45.1 Å². The maximum Gasteiger partial charge on any atom is 0.309 e. The van der Waals surface area contributed by atoms with Crippen LogP contribution in [0, 0.1) is 41.1 Å². The molecule has 3 fully saturated rings. The van der Waals surface area contributed by atoms with Gasteiger partial charge in [0.1, 0.15) is 28.8 Å². The molecule has 2 aliphatic carbocycles. The Morgan fingerprint density at radius 2 is 1.61 bits per heavy atom. The summed E-state index contributed by atoms with van der Waals surface area (Å²) >= 11 is 14.4. The van der Waals surface area contributed by atoms with E-state index in [1.807, 2.05) is 17.2 Å². The summed E-state index contributed by atoms with van der Waals surface area (Å²) in [5, 5.41) is 12.2. The smallest absolute Gasteiger partial charge is 0.309 e. The molecule has 1 saturated heterocycles. The molecular weight excluding hydrogens is 1060 g/mol. The topological polar surface area (TPSA) is 145 Å². The molecule has 12 nitrogen and oxygen atoms in total. The van der Waals surface area contributed by atoms with E-state index < -0.39 is 50.7 Å². The molecule has 1 amide bonds. The van der Waals surface area contributed by atoms with E-state index in [2.05, 4.69) is 17.1 Å². The number of sulfone groups is 1. The van der Waals surface area contributed by atoms with E-state index in [9.17, 15) is 36.0 Å². The molecule has 2 aromatic heterocycles. The van der Waals surface area contributed by atoms with Crippen LogP contribution >= 0.6 is 35.0 Å². The van der Waals surface area contributed by atoms with Gasteiger partial charge in [0.2, 0.25) is 0 Å². The lowest BCUT2D eigenvalue weighted by atomic mass is 9.76. The van der Waals surface area contributed by atoms with Gasteiger partial charge >= 0.3 is 5.97 Å². The van der Waals surface area contributed by atoms with Crippen LogP contribution in [0.5, 0.6) is 0 Å². The zero-order valence-corrected chi connectivity index (χ0v) is 44.8. The van der Waals surface area contributed by atoms with Crippen molar-refractivity contribution >= 4 is 74.1 Å². The van der Waals surface area contributed by atoms with Gasteiger partial charge in [0, 0.05) is 59.1 Å². The minimum atomic E-state index is -3.67. The summed E-state index contributed by atoms with van der Waals surface area (Å²) < 4.78 is 89.6. The van der Waals surface area contributed by atoms with Crippen LogP contribution in [0.15, 0.2) is 97.4 Å². The number of esters is 1. The van der Waals surface area contributed by atoms with Crippen LogP contribution in [0.4, 0.5) is 17.6 Å². The van der Waals surface area contributed by atoms with E-state index in [-0.39, 0.29) is 77.6 Å². The summed E-state index contributed by atoms with van der Waals surface area (Å²) in [6, 6.07) is 14.5. The minimum absolute atomic E-state index is 0.0114. The maximum atomic E-state index is 15.0. The maximum absolute atomic E-state index is 15.0. The van der Waals surface area contributed by atoms with Gasteiger partial charge in [0.15, 0.2) is 27.1 Å². The van der Waals surface area contributed by atoms with E-state index in [0.717, 1.165) is 85.5 Å². The molecule has 10 rings (SSSR count). The number of hydrogen-bond donors (Lipinski definition) is 1. The largest absolute Gasteiger partial charge is 0.466 e. The number of allylic oxidation sites excluding steroid dienone is 5. The first-order valence-electron chi connectivity index (χ1n) is 25.3. The number of hydrazine groups is 1. The molecule has 20 heteroatoms. The second kappa shape index (κ2) is 23.8. The summed E-state index contributed by atoms with van der Waals surface area (Å²) in [5.41, 5.74) is 8.02. The molecule has 5 heterocycles. The van der Waals surface area contributed by atoms with Gasteiger partial charge in [-0.15, -0.1) is 0 Å². The van der Waals surface area contributed by atoms with Gasteiger partial charge in [0.05, 0.1) is 46.1 Å². The molecule has 5 aliphatic rings. The Balaban J connectivity index is 0.000000190. The SMILES string of the molecule is C=C(F)/C=C\C=C\C[C@H]1CS(=O)(=O)Cc2c(C(=O)C[C@H]3C4CCC(C4)[C@H]3C(=O)OCC)nn(-c3ccc(F)cc3F)c21.O=C(NN1CCCCC1)c1nn(-c2ccc(Cl)cc2Cl)c2c1CSC/C2=C\c1ccc(F)cc1. The molecule has 400 valence electrons. The zero-order valence-electron chi connectivity index (χ0n) is 41.6. The van der Waals surface area contributed by atoms with Crippen molar-refractivity contribution in [2.75, 3.05) is 31.2 Å². The molecule has 2 unspecified atom stereocenters. The first-order chi connectivity index (χ1) is 36.5. The highest BCUT2D eigenvalue weighted by Gasteiger charge is 2.52. The Bertz CT molecular complexity index is 3260. The van der Waals surface area contributed by atoms with Crippen LogP contribution in [-0.2, 0) is 30.9 Å². The van der Waals surface area contributed by atoms with Gasteiger partial charge in [-0.3, -0.25) is 19.8 Å². The molecule has 0 radical (unpaired) electrons. The van der Waals surface area contributed by atoms with Crippen molar-refractivity contribution in [1.82, 2.24) is 30.0 Å². The Morgan fingerprint density at radius 3 is 2.33 bits per heavy atom. The number of amides is 1. The van der Waals surface area contributed by atoms with Crippen LogP contribution in [0.1, 0.15) is 113 Å². The number of Topliss-reactive ketones (excluding diaryl/α,β-unsaturated/α-hetero) is 1. The third kappa shape index (κ3) is 12.3. The molecule has 76 heavy (non-hydrogen) atoms. The molecule has 3 aromatic carbocycles. The second-order valence-corrected chi connectivity index (χ2v) is 23.7. The van der Waals surface area contributed by atoms with Crippen molar-refractivity contribution in [3.8, 4) is 11.4 Å².